The molecule has 94 valence electrons. The van der Waals surface area contributed by atoms with Gasteiger partial charge in [0.05, 0.1) is 0 Å². The Labute approximate surface area is 103 Å². The minimum Gasteiger partial charge on any atom is -0.330 e. The molecule has 0 spiro atoms. The quantitative estimate of drug-likeness (QED) is 0.855. The van der Waals surface area contributed by atoms with Gasteiger partial charge in [0.15, 0.2) is 0 Å². The molecular weight excluding hydrogens is 215 g/mol. The van der Waals surface area contributed by atoms with Gasteiger partial charge in [-0.25, -0.2) is 4.39 Å². The maximum Gasteiger partial charge on any atom is 0.127 e. The van der Waals surface area contributed by atoms with Gasteiger partial charge < -0.3 is 5.73 Å². The van der Waals surface area contributed by atoms with Crippen molar-refractivity contribution in [3.8, 4) is 0 Å². The van der Waals surface area contributed by atoms with E-state index in [2.05, 4.69) is 11.9 Å². The average molecular weight is 236 g/mol. The van der Waals surface area contributed by atoms with Crippen LogP contribution in [0.5, 0.6) is 0 Å². The zero-order valence-electron chi connectivity index (χ0n) is 10.4. The first-order valence-electron chi connectivity index (χ1n) is 6.38. The predicted octanol–water partition coefficient (Wildman–Crippen LogP) is 2.56. The number of rotatable bonds is 2. The summed E-state index contributed by atoms with van der Waals surface area (Å²) in [6.07, 6.45) is 3.47. The van der Waals surface area contributed by atoms with Gasteiger partial charge in [-0.3, -0.25) is 4.90 Å². The smallest absolute Gasteiger partial charge is 0.127 e. The number of hydrogen-bond donors (Lipinski definition) is 1. The lowest BCUT2D eigenvalue weighted by Crippen LogP contribution is -2.33. The van der Waals surface area contributed by atoms with Crippen molar-refractivity contribution in [1.82, 2.24) is 4.90 Å². The first-order valence-corrected chi connectivity index (χ1v) is 6.38. The molecule has 0 aromatic heterocycles. The summed E-state index contributed by atoms with van der Waals surface area (Å²) in [6.45, 7) is 1.65. The number of hydrogen-bond acceptors (Lipinski definition) is 2. The summed E-state index contributed by atoms with van der Waals surface area (Å²) in [6, 6.07) is 7.22. The molecule has 1 aromatic rings. The molecule has 2 atom stereocenters. The van der Waals surface area contributed by atoms with Gasteiger partial charge in [0.1, 0.15) is 5.82 Å². The molecule has 1 heterocycles. The SMILES string of the molecule is CN1CCCC[C@H](CN)[C@H]1c1ccccc1F. The van der Waals surface area contributed by atoms with E-state index >= 15 is 0 Å². The van der Waals surface area contributed by atoms with Crippen molar-refractivity contribution in [2.45, 2.75) is 25.3 Å². The highest BCUT2D eigenvalue weighted by atomic mass is 19.1. The fourth-order valence-electron chi connectivity index (χ4n) is 2.88. The van der Waals surface area contributed by atoms with Gasteiger partial charge in [0, 0.05) is 11.6 Å². The lowest BCUT2D eigenvalue weighted by atomic mass is 9.89. The Morgan fingerprint density at radius 2 is 2.12 bits per heavy atom. The zero-order valence-corrected chi connectivity index (χ0v) is 10.4. The van der Waals surface area contributed by atoms with E-state index < -0.39 is 0 Å². The molecule has 2 N–H and O–H groups in total. The Bertz CT molecular complexity index is 367. The van der Waals surface area contributed by atoms with Crippen LogP contribution in [-0.4, -0.2) is 25.0 Å². The van der Waals surface area contributed by atoms with Gasteiger partial charge in [0.2, 0.25) is 0 Å². The number of halogens is 1. The van der Waals surface area contributed by atoms with Crippen molar-refractivity contribution in [2.24, 2.45) is 11.7 Å². The van der Waals surface area contributed by atoms with Crippen molar-refractivity contribution < 1.29 is 4.39 Å². The maximum atomic E-state index is 13.9. The number of nitrogens with two attached hydrogens (primary N) is 1. The largest absolute Gasteiger partial charge is 0.330 e. The van der Waals surface area contributed by atoms with Crippen LogP contribution in [0, 0.1) is 11.7 Å². The van der Waals surface area contributed by atoms with Crippen LogP contribution in [0.2, 0.25) is 0 Å². The number of likely N-dealkylation sites (tertiary alicyclic amines) is 1. The standard InChI is InChI=1S/C14H21FN2/c1-17-9-5-4-6-11(10-16)14(17)12-7-2-3-8-13(12)15/h2-3,7-8,11,14H,4-6,9-10,16H2,1H3/t11-,14+/m1/s1. The third-order valence-electron chi connectivity index (χ3n) is 3.78. The normalized spacial score (nSPS) is 26.8. The van der Waals surface area contributed by atoms with E-state index in [1.165, 1.54) is 12.8 Å². The molecule has 1 fully saturated rings. The Balaban J connectivity index is 2.34. The molecule has 2 nitrogen and oxygen atoms in total. The van der Waals surface area contributed by atoms with Crippen LogP contribution in [0.4, 0.5) is 4.39 Å². The van der Waals surface area contributed by atoms with Crippen LogP contribution >= 0.6 is 0 Å². The molecule has 17 heavy (non-hydrogen) atoms. The third-order valence-corrected chi connectivity index (χ3v) is 3.78. The van der Waals surface area contributed by atoms with Gasteiger partial charge in [-0.15, -0.1) is 0 Å². The molecule has 0 unspecified atom stereocenters. The topological polar surface area (TPSA) is 29.3 Å². The highest BCUT2D eigenvalue weighted by molar-refractivity contribution is 5.22. The van der Waals surface area contributed by atoms with Crippen LogP contribution in [0.3, 0.4) is 0 Å². The van der Waals surface area contributed by atoms with Crippen molar-refractivity contribution in [3.63, 3.8) is 0 Å². The summed E-state index contributed by atoms with van der Waals surface area (Å²) >= 11 is 0. The monoisotopic (exact) mass is 236 g/mol. The molecular formula is C14H21FN2. The molecule has 0 radical (unpaired) electrons. The van der Waals surface area contributed by atoms with E-state index in [9.17, 15) is 4.39 Å². The second-order valence-corrected chi connectivity index (χ2v) is 4.94. The summed E-state index contributed by atoms with van der Waals surface area (Å²) in [5.41, 5.74) is 6.66. The van der Waals surface area contributed by atoms with E-state index in [0.29, 0.717) is 12.5 Å². The minimum absolute atomic E-state index is 0.107. The Morgan fingerprint density at radius 3 is 2.82 bits per heavy atom. The summed E-state index contributed by atoms with van der Waals surface area (Å²) in [4.78, 5) is 2.25. The van der Waals surface area contributed by atoms with Crippen LogP contribution in [-0.2, 0) is 0 Å². The predicted molar refractivity (Wildman–Crippen MR) is 68.2 cm³/mol. The second-order valence-electron chi connectivity index (χ2n) is 4.94. The Kier molecular flexibility index (Phi) is 4.13. The lowest BCUT2D eigenvalue weighted by Gasteiger charge is -2.32. The molecule has 0 bridgehead atoms. The Morgan fingerprint density at radius 1 is 1.35 bits per heavy atom. The van der Waals surface area contributed by atoms with Gasteiger partial charge in [-0.05, 0) is 45.0 Å². The first kappa shape index (κ1) is 12.5. The molecule has 0 saturated carbocycles. The molecule has 2 rings (SSSR count). The summed E-state index contributed by atoms with van der Waals surface area (Å²) < 4.78 is 13.9. The highest BCUT2D eigenvalue weighted by Gasteiger charge is 2.29. The van der Waals surface area contributed by atoms with Gasteiger partial charge >= 0.3 is 0 Å². The van der Waals surface area contributed by atoms with Crippen molar-refractivity contribution in [2.75, 3.05) is 20.1 Å². The molecule has 0 amide bonds. The summed E-state index contributed by atoms with van der Waals surface area (Å²) in [5.74, 6) is 0.254. The van der Waals surface area contributed by atoms with E-state index in [4.69, 9.17) is 5.73 Å². The van der Waals surface area contributed by atoms with Gasteiger partial charge in [-0.2, -0.15) is 0 Å². The Hall–Kier alpha value is -0.930. The summed E-state index contributed by atoms with van der Waals surface area (Å²) in [7, 11) is 2.07. The lowest BCUT2D eigenvalue weighted by molar-refractivity contribution is 0.191. The maximum absolute atomic E-state index is 13.9. The van der Waals surface area contributed by atoms with Gasteiger partial charge in [-0.1, -0.05) is 24.6 Å². The molecule has 1 saturated heterocycles. The van der Waals surface area contributed by atoms with Crippen LogP contribution in [0.25, 0.3) is 0 Å². The fourth-order valence-corrected chi connectivity index (χ4v) is 2.88. The molecule has 0 aliphatic carbocycles. The fraction of sp³-hybridized carbons (Fsp3) is 0.571. The number of benzene rings is 1. The minimum atomic E-state index is -0.107. The average Bonchev–Trinajstić information content (AvgIpc) is 2.52. The van der Waals surface area contributed by atoms with E-state index in [-0.39, 0.29) is 11.9 Å². The molecule has 1 aliphatic heterocycles. The van der Waals surface area contributed by atoms with E-state index in [1.54, 1.807) is 12.1 Å². The van der Waals surface area contributed by atoms with Crippen LogP contribution in [0.15, 0.2) is 24.3 Å². The van der Waals surface area contributed by atoms with E-state index in [0.717, 1.165) is 18.5 Å². The summed E-state index contributed by atoms with van der Waals surface area (Å²) in [5, 5.41) is 0. The highest BCUT2D eigenvalue weighted by Crippen LogP contribution is 2.34. The van der Waals surface area contributed by atoms with E-state index in [1.807, 2.05) is 12.1 Å². The third kappa shape index (κ3) is 2.67. The van der Waals surface area contributed by atoms with Crippen molar-refractivity contribution in [1.29, 1.82) is 0 Å². The second kappa shape index (κ2) is 5.61. The molecule has 3 heteroatoms. The zero-order chi connectivity index (χ0) is 12.3. The van der Waals surface area contributed by atoms with Crippen molar-refractivity contribution in [3.05, 3.63) is 35.6 Å². The van der Waals surface area contributed by atoms with Crippen molar-refractivity contribution >= 4 is 0 Å². The molecule has 1 aromatic carbocycles. The van der Waals surface area contributed by atoms with Gasteiger partial charge in [0.25, 0.3) is 0 Å². The molecule has 1 aliphatic rings. The first-order chi connectivity index (χ1) is 8.24. The van der Waals surface area contributed by atoms with Crippen LogP contribution in [0.1, 0.15) is 30.9 Å². The van der Waals surface area contributed by atoms with Crippen LogP contribution < -0.4 is 5.73 Å². The number of nitrogens with zero attached hydrogens (tertiary/aromatic N) is 1.